The predicted molar refractivity (Wildman–Crippen MR) is 86.0 cm³/mol. The second-order valence-corrected chi connectivity index (χ2v) is 9.19. The van der Waals surface area contributed by atoms with Gasteiger partial charge in [0.1, 0.15) is 16.8 Å². The lowest BCUT2D eigenvalue weighted by molar-refractivity contribution is 0.543. The summed E-state index contributed by atoms with van der Waals surface area (Å²) >= 11 is 6.25. The van der Waals surface area contributed by atoms with Gasteiger partial charge in [-0.2, -0.15) is 0 Å². The van der Waals surface area contributed by atoms with Crippen LogP contribution in [0, 0.1) is 6.92 Å². The first-order chi connectivity index (χ1) is 9.60. The Morgan fingerprint density at radius 1 is 1.14 bits per heavy atom. The maximum Gasteiger partial charge on any atom is 0.152 e. The van der Waals surface area contributed by atoms with E-state index in [1.165, 1.54) is 0 Å². The molecule has 0 radical (unpaired) electrons. The Morgan fingerprint density at radius 3 is 2.43 bits per heavy atom. The van der Waals surface area contributed by atoms with Crippen molar-refractivity contribution < 1.29 is 8.42 Å². The zero-order valence-corrected chi connectivity index (χ0v) is 14.6. The Balaban J connectivity index is 2.41. The van der Waals surface area contributed by atoms with Crippen molar-refractivity contribution in [1.29, 1.82) is 0 Å². The van der Waals surface area contributed by atoms with Crippen molar-refractivity contribution in [3.8, 4) is 0 Å². The fourth-order valence-corrected chi connectivity index (χ4v) is 3.71. The highest BCUT2D eigenvalue weighted by Crippen LogP contribution is 2.29. The van der Waals surface area contributed by atoms with E-state index >= 15 is 0 Å². The largest absolute Gasteiger partial charge is 0.355 e. The molecule has 21 heavy (non-hydrogen) atoms. The van der Waals surface area contributed by atoms with Crippen molar-refractivity contribution in [2.75, 3.05) is 29.5 Å². The van der Waals surface area contributed by atoms with Crippen molar-refractivity contribution in [3.05, 3.63) is 16.5 Å². The van der Waals surface area contributed by atoms with E-state index in [4.69, 9.17) is 11.6 Å². The lowest BCUT2D eigenvalue weighted by atomic mass is 9.95. The third-order valence-corrected chi connectivity index (χ3v) is 5.67. The molecule has 1 aliphatic rings. The summed E-state index contributed by atoms with van der Waals surface area (Å²) in [6, 6.07) is 0. The minimum Gasteiger partial charge on any atom is -0.355 e. The fraction of sp³-hybridized carbons (Fsp3) is 0.714. The Morgan fingerprint density at radius 2 is 1.81 bits per heavy atom. The molecule has 0 atom stereocenters. The van der Waals surface area contributed by atoms with Gasteiger partial charge in [0.25, 0.3) is 0 Å². The molecule has 0 spiro atoms. The van der Waals surface area contributed by atoms with Crippen LogP contribution in [0.5, 0.6) is 0 Å². The number of halogens is 1. The van der Waals surface area contributed by atoms with Crippen LogP contribution in [0.3, 0.4) is 0 Å². The molecule has 118 valence electrons. The van der Waals surface area contributed by atoms with Gasteiger partial charge in [-0.25, -0.2) is 18.4 Å². The smallest absolute Gasteiger partial charge is 0.152 e. The van der Waals surface area contributed by atoms with E-state index in [-0.39, 0.29) is 16.9 Å². The monoisotopic (exact) mass is 331 g/mol. The second-order valence-electron chi connectivity index (χ2n) is 6.53. The lowest BCUT2D eigenvalue weighted by Gasteiger charge is -2.26. The average molecular weight is 332 g/mol. The molecule has 1 aromatic rings. The zero-order chi connectivity index (χ0) is 15.8. The first-order valence-electron chi connectivity index (χ1n) is 7.10. The Hall–Kier alpha value is -0.880. The van der Waals surface area contributed by atoms with Crippen LogP contribution in [0.25, 0.3) is 0 Å². The van der Waals surface area contributed by atoms with Crippen molar-refractivity contribution in [1.82, 2.24) is 9.97 Å². The third-order valence-electron chi connectivity index (χ3n) is 3.59. The standard InChI is InChI=1S/C14H22ClN3O2S/c1-10-11(15)16-13(14(2,3)4)17-12(10)18-6-5-8-21(19,20)9-7-18/h5-9H2,1-4H3. The summed E-state index contributed by atoms with van der Waals surface area (Å²) in [5.41, 5.74) is 0.605. The molecule has 0 N–H and O–H groups in total. The summed E-state index contributed by atoms with van der Waals surface area (Å²) < 4.78 is 23.5. The van der Waals surface area contributed by atoms with E-state index in [0.29, 0.717) is 30.5 Å². The van der Waals surface area contributed by atoms with Gasteiger partial charge in [-0.05, 0) is 13.3 Å². The molecule has 2 heterocycles. The van der Waals surface area contributed by atoms with Crippen molar-refractivity contribution in [2.24, 2.45) is 0 Å². The minimum atomic E-state index is -2.94. The van der Waals surface area contributed by atoms with E-state index in [1.54, 1.807) is 0 Å². The topological polar surface area (TPSA) is 63.2 Å². The van der Waals surface area contributed by atoms with E-state index in [0.717, 1.165) is 11.4 Å². The number of hydrogen-bond acceptors (Lipinski definition) is 5. The van der Waals surface area contributed by atoms with Gasteiger partial charge in [0, 0.05) is 24.1 Å². The molecule has 7 heteroatoms. The van der Waals surface area contributed by atoms with Crippen molar-refractivity contribution in [3.63, 3.8) is 0 Å². The highest BCUT2D eigenvalue weighted by molar-refractivity contribution is 7.91. The van der Waals surface area contributed by atoms with Crippen LogP contribution in [-0.2, 0) is 15.3 Å². The van der Waals surface area contributed by atoms with Gasteiger partial charge in [0.2, 0.25) is 0 Å². The molecule has 0 bridgehead atoms. The van der Waals surface area contributed by atoms with Gasteiger partial charge in [0.05, 0.1) is 11.5 Å². The summed E-state index contributed by atoms with van der Waals surface area (Å²) in [5, 5.41) is 0.442. The average Bonchev–Trinajstić information content (AvgIpc) is 2.52. The highest BCUT2D eigenvalue weighted by Gasteiger charge is 2.25. The Kier molecular flexibility index (Phi) is 4.49. The van der Waals surface area contributed by atoms with Crippen LogP contribution in [-0.4, -0.2) is 43.0 Å². The molecule has 1 fully saturated rings. The lowest BCUT2D eigenvalue weighted by Crippen LogP contribution is -2.30. The molecule has 0 aromatic carbocycles. The summed E-state index contributed by atoms with van der Waals surface area (Å²) in [7, 11) is -2.94. The van der Waals surface area contributed by atoms with Crippen LogP contribution in [0.1, 0.15) is 38.6 Å². The summed E-state index contributed by atoms with van der Waals surface area (Å²) in [6.07, 6.45) is 0.619. The van der Waals surface area contributed by atoms with Gasteiger partial charge < -0.3 is 4.90 Å². The molecular formula is C14H22ClN3O2S. The Bertz CT molecular complexity index is 638. The molecule has 5 nitrogen and oxygen atoms in total. The van der Waals surface area contributed by atoms with E-state index in [9.17, 15) is 8.42 Å². The maximum atomic E-state index is 11.7. The molecular weight excluding hydrogens is 310 g/mol. The van der Waals surface area contributed by atoms with Crippen LogP contribution in [0.2, 0.25) is 5.15 Å². The van der Waals surface area contributed by atoms with Gasteiger partial charge >= 0.3 is 0 Å². The van der Waals surface area contributed by atoms with E-state index in [2.05, 4.69) is 9.97 Å². The number of hydrogen-bond donors (Lipinski definition) is 0. The minimum absolute atomic E-state index is 0.166. The van der Waals surface area contributed by atoms with Gasteiger partial charge in [-0.15, -0.1) is 0 Å². The van der Waals surface area contributed by atoms with Gasteiger partial charge in [-0.1, -0.05) is 32.4 Å². The summed E-state index contributed by atoms with van der Waals surface area (Å²) in [4.78, 5) is 11.0. The zero-order valence-electron chi connectivity index (χ0n) is 13.0. The van der Waals surface area contributed by atoms with Gasteiger partial charge in [-0.3, -0.25) is 0 Å². The van der Waals surface area contributed by atoms with E-state index in [1.807, 2.05) is 32.6 Å². The third kappa shape index (κ3) is 3.86. The SMILES string of the molecule is Cc1c(Cl)nc(C(C)(C)C)nc1N1CCCS(=O)(=O)CC1. The molecule has 0 amide bonds. The quantitative estimate of drug-likeness (QED) is 0.739. The van der Waals surface area contributed by atoms with Crippen molar-refractivity contribution in [2.45, 2.75) is 39.5 Å². The Labute approximate surface area is 131 Å². The second kappa shape index (κ2) is 5.72. The fourth-order valence-electron chi connectivity index (χ4n) is 2.27. The molecule has 2 rings (SSSR count). The van der Waals surface area contributed by atoms with Crippen LogP contribution < -0.4 is 4.90 Å². The number of aromatic nitrogens is 2. The predicted octanol–water partition coefficient (Wildman–Crippen LogP) is 2.36. The molecule has 0 unspecified atom stereocenters. The molecule has 0 saturated carbocycles. The maximum absolute atomic E-state index is 11.7. The van der Waals surface area contributed by atoms with E-state index < -0.39 is 9.84 Å². The number of nitrogens with zero attached hydrogens (tertiary/aromatic N) is 3. The number of sulfone groups is 1. The first kappa shape index (κ1) is 16.5. The molecule has 1 aliphatic heterocycles. The molecule has 1 saturated heterocycles. The van der Waals surface area contributed by atoms with Gasteiger partial charge in [0.15, 0.2) is 9.84 Å². The molecule has 0 aliphatic carbocycles. The summed E-state index contributed by atoms with van der Waals surface area (Å²) in [5.74, 6) is 1.85. The normalized spacial score (nSPS) is 19.4. The number of anilines is 1. The molecule has 1 aromatic heterocycles. The van der Waals surface area contributed by atoms with Crippen LogP contribution in [0.15, 0.2) is 0 Å². The first-order valence-corrected chi connectivity index (χ1v) is 9.30. The highest BCUT2D eigenvalue weighted by atomic mass is 35.5. The van der Waals surface area contributed by atoms with Crippen LogP contribution >= 0.6 is 11.6 Å². The van der Waals surface area contributed by atoms with Crippen LogP contribution in [0.4, 0.5) is 5.82 Å². The number of rotatable bonds is 1. The summed E-state index contributed by atoms with van der Waals surface area (Å²) in [6.45, 7) is 9.11. The van der Waals surface area contributed by atoms with Crippen molar-refractivity contribution >= 4 is 27.3 Å².